The lowest BCUT2D eigenvalue weighted by Gasteiger charge is -2.24. The van der Waals surface area contributed by atoms with Gasteiger partial charge in [-0.3, -0.25) is 9.59 Å². The van der Waals surface area contributed by atoms with Crippen molar-refractivity contribution in [3.8, 4) is 5.75 Å². The van der Waals surface area contributed by atoms with E-state index in [1.54, 1.807) is 0 Å². The standard InChI is InChI=1S/C14H17BrN2O3/c1-8(2)13-14(19)17(7-12(16)18)6-9-5-10(15)3-4-11(9)20-13/h3-5,8,13H,6-7H2,1-2H3,(H2,16,18). The lowest BCUT2D eigenvalue weighted by atomic mass is 10.1. The van der Waals surface area contributed by atoms with Crippen molar-refractivity contribution < 1.29 is 14.3 Å². The number of ether oxygens (including phenoxy) is 1. The molecule has 0 bridgehead atoms. The number of nitrogens with two attached hydrogens (primary N) is 1. The molecule has 1 heterocycles. The second-order valence-corrected chi connectivity index (χ2v) is 6.11. The third kappa shape index (κ3) is 3.12. The molecule has 6 heteroatoms. The van der Waals surface area contributed by atoms with Gasteiger partial charge in [0, 0.05) is 10.0 Å². The van der Waals surface area contributed by atoms with Crippen LogP contribution in [0.15, 0.2) is 22.7 Å². The minimum absolute atomic E-state index is 0.00692. The van der Waals surface area contributed by atoms with Crippen LogP contribution in [0.3, 0.4) is 0 Å². The maximum absolute atomic E-state index is 12.5. The molecule has 0 spiro atoms. The molecule has 108 valence electrons. The maximum Gasteiger partial charge on any atom is 0.264 e. The Hall–Kier alpha value is -1.56. The number of rotatable bonds is 3. The monoisotopic (exact) mass is 340 g/mol. The number of fused-ring (bicyclic) bond motifs is 1. The van der Waals surface area contributed by atoms with Crippen molar-refractivity contribution in [2.75, 3.05) is 6.54 Å². The Labute approximate surface area is 126 Å². The number of halogens is 1. The molecule has 0 saturated carbocycles. The highest BCUT2D eigenvalue weighted by Crippen LogP contribution is 2.30. The van der Waals surface area contributed by atoms with Crippen molar-refractivity contribution in [2.45, 2.75) is 26.5 Å². The molecular formula is C14H17BrN2O3. The van der Waals surface area contributed by atoms with Gasteiger partial charge in [0.1, 0.15) is 5.75 Å². The van der Waals surface area contributed by atoms with Crippen molar-refractivity contribution in [1.82, 2.24) is 4.90 Å². The molecule has 2 rings (SSSR count). The van der Waals surface area contributed by atoms with Crippen molar-refractivity contribution in [2.24, 2.45) is 11.7 Å². The lowest BCUT2D eigenvalue weighted by molar-refractivity contribution is -0.142. The van der Waals surface area contributed by atoms with E-state index in [-0.39, 0.29) is 18.4 Å². The zero-order valence-corrected chi connectivity index (χ0v) is 13.0. The normalized spacial score (nSPS) is 18.5. The van der Waals surface area contributed by atoms with Crippen LogP contribution in [0, 0.1) is 5.92 Å². The summed E-state index contributed by atoms with van der Waals surface area (Å²) in [6.45, 7) is 4.04. The Bertz CT molecular complexity index is 545. The fourth-order valence-corrected chi connectivity index (χ4v) is 2.59. The molecule has 2 N–H and O–H groups in total. The molecule has 1 aliphatic rings. The number of hydrogen-bond donors (Lipinski definition) is 1. The Morgan fingerprint density at radius 2 is 2.25 bits per heavy atom. The third-order valence-electron chi connectivity index (χ3n) is 3.14. The summed E-state index contributed by atoms with van der Waals surface area (Å²) in [6.07, 6.45) is -0.600. The molecule has 0 aromatic heterocycles. The first-order chi connectivity index (χ1) is 9.38. The van der Waals surface area contributed by atoms with Crippen LogP contribution in [0.1, 0.15) is 19.4 Å². The number of hydrogen-bond acceptors (Lipinski definition) is 3. The van der Waals surface area contributed by atoms with E-state index in [1.165, 1.54) is 4.90 Å². The zero-order valence-electron chi connectivity index (χ0n) is 11.4. The van der Waals surface area contributed by atoms with Crippen LogP contribution in [0.5, 0.6) is 5.75 Å². The predicted molar refractivity (Wildman–Crippen MR) is 78.0 cm³/mol. The van der Waals surface area contributed by atoms with Gasteiger partial charge >= 0.3 is 0 Å². The van der Waals surface area contributed by atoms with Crippen LogP contribution in [-0.4, -0.2) is 29.4 Å². The van der Waals surface area contributed by atoms with Crippen molar-refractivity contribution in [1.29, 1.82) is 0 Å². The fourth-order valence-electron chi connectivity index (χ4n) is 2.18. The highest BCUT2D eigenvalue weighted by Gasteiger charge is 2.33. The van der Waals surface area contributed by atoms with Gasteiger partial charge in [0.15, 0.2) is 6.10 Å². The van der Waals surface area contributed by atoms with E-state index in [0.29, 0.717) is 12.3 Å². The molecule has 20 heavy (non-hydrogen) atoms. The number of benzene rings is 1. The average molecular weight is 341 g/mol. The van der Waals surface area contributed by atoms with Gasteiger partial charge in [0.25, 0.3) is 5.91 Å². The second kappa shape index (κ2) is 5.83. The molecule has 0 fully saturated rings. The molecule has 1 aromatic rings. The topological polar surface area (TPSA) is 72.6 Å². The Morgan fingerprint density at radius 3 is 2.85 bits per heavy atom. The molecule has 5 nitrogen and oxygen atoms in total. The highest BCUT2D eigenvalue weighted by atomic mass is 79.9. The van der Waals surface area contributed by atoms with Crippen molar-refractivity contribution in [3.05, 3.63) is 28.2 Å². The van der Waals surface area contributed by atoms with Gasteiger partial charge in [-0.15, -0.1) is 0 Å². The van der Waals surface area contributed by atoms with Gasteiger partial charge in [0.05, 0.1) is 13.1 Å². The number of primary amides is 1. The number of nitrogens with zero attached hydrogens (tertiary/aromatic N) is 1. The molecule has 1 aliphatic heterocycles. The summed E-state index contributed by atoms with van der Waals surface area (Å²) in [6, 6.07) is 5.58. The molecule has 0 saturated heterocycles. The summed E-state index contributed by atoms with van der Waals surface area (Å²) < 4.78 is 6.73. The van der Waals surface area contributed by atoms with E-state index < -0.39 is 12.0 Å². The van der Waals surface area contributed by atoms with Crippen LogP contribution in [0.25, 0.3) is 0 Å². The Balaban J connectivity index is 2.40. The summed E-state index contributed by atoms with van der Waals surface area (Å²) >= 11 is 3.40. The highest BCUT2D eigenvalue weighted by molar-refractivity contribution is 9.10. The molecule has 2 amide bonds. The van der Waals surface area contributed by atoms with Crippen LogP contribution in [0.2, 0.25) is 0 Å². The molecule has 1 atom stereocenters. The Morgan fingerprint density at radius 1 is 1.55 bits per heavy atom. The van der Waals surface area contributed by atoms with Crippen LogP contribution >= 0.6 is 15.9 Å². The quantitative estimate of drug-likeness (QED) is 0.909. The van der Waals surface area contributed by atoms with E-state index in [4.69, 9.17) is 10.5 Å². The minimum Gasteiger partial charge on any atom is -0.480 e. The Kier molecular flexibility index (Phi) is 4.32. The van der Waals surface area contributed by atoms with E-state index in [0.717, 1.165) is 10.0 Å². The molecule has 0 aliphatic carbocycles. The van der Waals surface area contributed by atoms with Crippen molar-refractivity contribution >= 4 is 27.7 Å². The van der Waals surface area contributed by atoms with Gasteiger partial charge in [-0.1, -0.05) is 29.8 Å². The minimum atomic E-state index is -0.600. The summed E-state index contributed by atoms with van der Waals surface area (Å²) in [4.78, 5) is 25.1. The number of amides is 2. The molecular weight excluding hydrogens is 324 g/mol. The van der Waals surface area contributed by atoms with Gasteiger partial charge < -0.3 is 15.4 Å². The first kappa shape index (κ1) is 14.8. The fraction of sp³-hybridized carbons (Fsp3) is 0.429. The maximum atomic E-state index is 12.5. The van der Waals surface area contributed by atoms with E-state index >= 15 is 0 Å². The first-order valence-corrected chi connectivity index (χ1v) is 7.20. The van der Waals surface area contributed by atoms with E-state index in [9.17, 15) is 9.59 Å². The first-order valence-electron chi connectivity index (χ1n) is 6.40. The largest absolute Gasteiger partial charge is 0.480 e. The lowest BCUT2D eigenvalue weighted by Crippen LogP contribution is -2.45. The average Bonchev–Trinajstić information content (AvgIpc) is 2.47. The van der Waals surface area contributed by atoms with Gasteiger partial charge in [-0.05, 0) is 24.1 Å². The summed E-state index contributed by atoms with van der Waals surface area (Å²) in [5, 5.41) is 0. The predicted octanol–water partition coefficient (Wildman–Crippen LogP) is 1.68. The van der Waals surface area contributed by atoms with Crippen LogP contribution < -0.4 is 10.5 Å². The van der Waals surface area contributed by atoms with Crippen LogP contribution in [-0.2, 0) is 16.1 Å². The number of carbonyl (C=O) groups excluding carboxylic acids is 2. The molecule has 1 aromatic carbocycles. The SMILES string of the molecule is CC(C)C1Oc2ccc(Br)cc2CN(CC(N)=O)C1=O. The van der Waals surface area contributed by atoms with E-state index in [1.807, 2.05) is 32.0 Å². The molecule has 1 unspecified atom stereocenters. The number of carbonyl (C=O) groups is 2. The smallest absolute Gasteiger partial charge is 0.264 e. The second-order valence-electron chi connectivity index (χ2n) is 5.20. The summed E-state index contributed by atoms with van der Waals surface area (Å²) in [5.41, 5.74) is 6.08. The third-order valence-corrected chi connectivity index (χ3v) is 3.64. The summed E-state index contributed by atoms with van der Waals surface area (Å²) in [5.74, 6) is -0.0508. The summed E-state index contributed by atoms with van der Waals surface area (Å²) in [7, 11) is 0. The van der Waals surface area contributed by atoms with Crippen LogP contribution in [0.4, 0.5) is 0 Å². The van der Waals surface area contributed by atoms with Crippen molar-refractivity contribution in [3.63, 3.8) is 0 Å². The van der Waals surface area contributed by atoms with E-state index in [2.05, 4.69) is 15.9 Å². The van der Waals surface area contributed by atoms with Gasteiger partial charge in [-0.2, -0.15) is 0 Å². The molecule has 0 radical (unpaired) electrons. The van der Waals surface area contributed by atoms with Gasteiger partial charge in [0.2, 0.25) is 5.91 Å². The van der Waals surface area contributed by atoms with Gasteiger partial charge in [-0.25, -0.2) is 0 Å². The zero-order chi connectivity index (χ0) is 14.9.